The smallest absolute Gasteiger partial charge is 0.168 e. The van der Waals surface area contributed by atoms with E-state index in [-0.39, 0.29) is 5.54 Å². The van der Waals surface area contributed by atoms with Crippen LogP contribution >= 0.6 is 0 Å². The maximum atomic E-state index is 6.01. The Bertz CT molecular complexity index is 259. The minimum atomic E-state index is 0.0221. The lowest BCUT2D eigenvalue weighted by atomic mass is 10.1. The first kappa shape index (κ1) is 6.80. The van der Waals surface area contributed by atoms with Gasteiger partial charge in [-0.15, -0.1) is 0 Å². The fourth-order valence-corrected chi connectivity index (χ4v) is 1.26. The average molecular weight is 149 g/mol. The van der Waals surface area contributed by atoms with E-state index in [0.717, 1.165) is 12.8 Å². The number of hydrogen-bond donors (Lipinski definition) is 1. The molecule has 2 N–H and O–H groups in total. The van der Waals surface area contributed by atoms with Crippen LogP contribution in [0.3, 0.4) is 0 Å². The van der Waals surface area contributed by atoms with Crippen LogP contribution in [0.4, 0.5) is 0 Å². The lowest BCUT2D eigenvalue weighted by molar-refractivity contribution is -0.671. The summed E-state index contributed by atoms with van der Waals surface area (Å²) >= 11 is 0. The quantitative estimate of drug-likeness (QED) is 0.578. The molecule has 1 aliphatic carbocycles. The van der Waals surface area contributed by atoms with E-state index in [0.29, 0.717) is 0 Å². The van der Waals surface area contributed by atoms with Gasteiger partial charge in [0, 0.05) is 17.7 Å². The van der Waals surface area contributed by atoms with Gasteiger partial charge in [0.1, 0.15) is 7.05 Å². The zero-order valence-electron chi connectivity index (χ0n) is 6.75. The SMILES string of the molecule is C[n+]1ccc(C2(N)CC2)cc1. The van der Waals surface area contributed by atoms with E-state index in [4.69, 9.17) is 5.73 Å². The van der Waals surface area contributed by atoms with Crippen molar-refractivity contribution in [3.8, 4) is 0 Å². The number of aryl methyl sites for hydroxylation is 1. The highest BCUT2D eigenvalue weighted by Gasteiger charge is 2.40. The number of pyridine rings is 1. The van der Waals surface area contributed by atoms with Crippen molar-refractivity contribution in [1.82, 2.24) is 0 Å². The maximum Gasteiger partial charge on any atom is 0.168 e. The van der Waals surface area contributed by atoms with Crippen molar-refractivity contribution < 1.29 is 4.57 Å². The molecule has 1 saturated carbocycles. The molecule has 0 aliphatic heterocycles. The molecule has 1 heterocycles. The summed E-state index contributed by atoms with van der Waals surface area (Å²) in [4.78, 5) is 0. The van der Waals surface area contributed by atoms with Gasteiger partial charge in [0.25, 0.3) is 0 Å². The van der Waals surface area contributed by atoms with Gasteiger partial charge < -0.3 is 5.73 Å². The van der Waals surface area contributed by atoms with Crippen LogP contribution in [0.25, 0.3) is 0 Å². The highest BCUT2D eigenvalue weighted by molar-refractivity contribution is 5.25. The molecule has 0 unspecified atom stereocenters. The molecule has 2 heteroatoms. The zero-order valence-corrected chi connectivity index (χ0v) is 6.75. The fraction of sp³-hybridized carbons (Fsp3) is 0.444. The second-order valence-corrected chi connectivity index (χ2v) is 3.41. The molecule has 1 aromatic heterocycles. The van der Waals surface area contributed by atoms with Crippen LogP contribution in [0.1, 0.15) is 18.4 Å². The van der Waals surface area contributed by atoms with Crippen LogP contribution in [-0.4, -0.2) is 0 Å². The summed E-state index contributed by atoms with van der Waals surface area (Å²) < 4.78 is 2.02. The summed E-state index contributed by atoms with van der Waals surface area (Å²) in [6.07, 6.45) is 6.37. The Morgan fingerprint density at radius 3 is 2.36 bits per heavy atom. The van der Waals surface area contributed by atoms with E-state index < -0.39 is 0 Å². The molecule has 0 saturated heterocycles. The van der Waals surface area contributed by atoms with Crippen molar-refractivity contribution in [2.24, 2.45) is 12.8 Å². The molecule has 0 atom stereocenters. The minimum Gasteiger partial charge on any atom is -0.321 e. The van der Waals surface area contributed by atoms with Crippen molar-refractivity contribution in [2.45, 2.75) is 18.4 Å². The molecule has 0 bridgehead atoms. The van der Waals surface area contributed by atoms with E-state index in [9.17, 15) is 0 Å². The molecule has 1 aliphatic rings. The number of aromatic nitrogens is 1. The van der Waals surface area contributed by atoms with Gasteiger partial charge in [-0.1, -0.05) is 0 Å². The van der Waals surface area contributed by atoms with Gasteiger partial charge in [-0.3, -0.25) is 0 Å². The molecular weight excluding hydrogens is 136 g/mol. The van der Waals surface area contributed by atoms with Crippen molar-refractivity contribution in [3.05, 3.63) is 30.1 Å². The summed E-state index contributed by atoms with van der Waals surface area (Å²) in [5.41, 5.74) is 7.30. The van der Waals surface area contributed by atoms with Gasteiger partial charge in [0.15, 0.2) is 12.4 Å². The molecule has 1 aromatic rings. The van der Waals surface area contributed by atoms with Crippen molar-refractivity contribution in [1.29, 1.82) is 0 Å². The highest BCUT2D eigenvalue weighted by Crippen LogP contribution is 2.41. The first-order valence-electron chi connectivity index (χ1n) is 3.95. The Hall–Kier alpha value is -0.890. The van der Waals surface area contributed by atoms with Crippen LogP contribution in [0.15, 0.2) is 24.5 Å². The first-order valence-corrected chi connectivity index (χ1v) is 3.95. The molecule has 2 nitrogen and oxygen atoms in total. The van der Waals surface area contributed by atoms with Gasteiger partial charge in [0.05, 0.1) is 0 Å². The third-order valence-corrected chi connectivity index (χ3v) is 2.34. The molecule has 1 fully saturated rings. The molecule has 0 aromatic carbocycles. The molecule has 58 valence electrons. The van der Waals surface area contributed by atoms with E-state index in [1.54, 1.807) is 0 Å². The maximum absolute atomic E-state index is 6.01. The van der Waals surface area contributed by atoms with Crippen LogP contribution in [0, 0.1) is 0 Å². The van der Waals surface area contributed by atoms with Crippen molar-refractivity contribution in [2.75, 3.05) is 0 Å². The van der Waals surface area contributed by atoms with Crippen molar-refractivity contribution >= 4 is 0 Å². The molecular formula is C9H13N2+. The Morgan fingerprint density at radius 1 is 1.36 bits per heavy atom. The lowest BCUT2D eigenvalue weighted by Gasteiger charge is -2.05. The van der Waals surface area contributed by atoms with E-state index in [2.05, 4.69) is 12.1 Å². The lowest BCUT2D eigenvalue weighted by Crippen LogP contribution is -2.28. The number of hydrogen-bond acceptors (Lipinski definition) is 1. The third kappa shape index (κ3) is 1.14. The summed E-state index contributed by atoms with van der Waals surface area (Å²) in [7, 11) is 2.01. The molecule has 0 amide bonds. The van der Waals surface area contributed by atoms with Gasteiger partial charge in [-0.2, -0.15) is 0 Å². The molecule has 11 heavy (non-hydrogen) atoms. The largest absolute Gasteiger partial charge is 0.321 e. The predicted octanol–water partition coefficient (Wildman–Crippen LogP) is 0.459. The van der Waals surface area contributed by atoms with Crippen LogP contribution in [0.2, 0.25) is 0 Å². The third-order valence-electron chi connectivity index (χ3n) is 2.34. The van der Waals surface area contributed by atoms with Crippen LogP contribution in [0.5, 0.6) is 0 Å². The second-order valence-electron chi connectivity index (χ2n) is 3.41. The summed E-state index contributed by atoms with van der Waals surface area (Å²) in [6.45, 7) is 0. The van der Waals surface area contributed by atoms with E-state index in [1.807, 2.05) is 24.0 Å². The predicted molar refractivity (Wildman–Crippen MR) is 42.7 cm³/mol. The van der Waals surface area contributed by atoms with Crippen molar-refractivity contribution in [3.63, 3.8) is 0 Å². The Kier molecular flexibility index (Phi) is 1.26. The fourth-order valence-electron chi connectivity index (χ4n) is 1.26. The normalized spacial score (nSPS) is 19.8. The Morgan fingerprint density at radius 2 is 1.91 bits per heavy atom. The zero-order chi connectivity index (χ0) is 7.90. The van der Waals surface area contributed by atoms with E-state index >= 15 is 0 Å². The van der Waals surface area contributed by atoms with Crippen LogP contribution in [-0.2, 0) is 12.6 Å². The summed E-state index contributed by atoms with van der Waals surface area (Å²) in [5.74, 6) is 0. The molecule has 0 spiro atoms. The van der Waals surface area contributed by atoms with E-state index in [1.165, 1.54) is 5.56 Å². The standard InChI is InChI=1S/C9H13N2/c1-11-6-2-8(3-7-11)9(10)4-5-9/h2-3,6-7H,4-5,10H2,1H3/q+1. The van der Waals surface area contributed by atoms with Crippen LogP contribution < -0.4 is 10.3 Å². The number of nitrogens with zero attached hydrogens (tertiary/aromatic N) is 1. The topological polar surface area (TPSA) is 29.9 Å². The summed E-state index contributed by atoms with van der Waals surface area (Å²) in [5, 5.41) is 0. The number of rotatable bonds is 1. The Balaban J connectivity index is 2.33. The monoisotopic (exact) mass is 149 g/mol. The number of nitrogens with two attached hydrogens (primary N) is 1. The van der Waals surface area contributed by atoms with Gasteiger partial charge in [-0.05, 0) is 18.4 Å². The van der Waals surface area contributed by atoms with Gasteiger partial charge in [-0.25, -0.2) is 4.57 Å². The average Bonchev–Trinajstić information content (AvgIpc) is 2.70. The Labute approximate surface area is 66.7 Å². The van der Waals surface area contributed by atoms with Gasteiger partial charge in [0.2, 0.25) is 0 Å². The highest BCUT2D eigenvalue weighted by atomic mass is 14.9. The minimum absolute atomic E-state index is 0.0221. The second kappa shape index (κ2) is 2.05. The molecule has 2 rings (SSSR count). The summed E-state index contributed by atoms with van der Waals surface area (Å²) in [6, 6.07) is 4.21. The van der Waals surface area contributed by atoms with Gasteiger partial charge >= 0.3 is 0 Å². The molecule has 0 radical (unpaired) electrons. The first-order chi connectivity index (χ1) is 5.21.